The Morgan fingerprint density at radius 3 is 2.57 bits per heavy atom. The first-order chi connectivity index (χ1) is 9.83. The molecule has 1 aromatic heterocycles. The zero-order chi connectivity index (χ0) is 15.5. The molecule has 0 unspecified atom stereocenters. The Labute approximate surface area is 133 Å². The van der Waals surface area contributed by atoms with Crippen LogP contribution in [0.3, 0.4) is 0 Å². The molecule has 0 radical (unpaired) electrons. The second kappa shape index (κ2) is 6.64. The molecular formula is C15H21BrN2O3. The van der Waals surface area contributed by atoms with Gasteiger partial charge < -0.3 is 14.4 Å². The van der Waals surface area contributed by atoms with Crippen molar-refractivity contribution in [1.29, 1.82) is 0 Å². The van der Waals surface area contributed by atoms with E-state index in [0.717, 1.165) is 23.1 Å². The van der Waals surface area contributed by atoms with Crippen LogP contribution in [0.1, 0.15) is 33.6 Å². The first-order valence-electron chi connectivity index (χ1n) is 7.08. The van der Waals surface area contributed by atoms with Gasteiger partial charge in [-0.15, -0.1) is 0 Å². The van der Waals surface area contributed by atoms with Gasteiger partial charge in [-0.25, -0.2) is 4.79 Å². The van der Waals surface area contributed by atoms with Gasteiger partial charge in [0.25, 0.3) is 0 Å². The maximum absolute atomic E-state index is 12.0. The van der Waals surface area contributed by atoms with Gasteiger partial charge in [0, 0.05) is 36.6 Å². The Hall–Kier alpha value is -1.30. The SMILES string of the molecule is CC(C)(C)OC(=O)N1CCC(Oc2cncc(Br)c2)CC1. The molecular weight excluding hydrogens is 336 g/mol. The lowest BCUT2D eigenvalue weighted by atomic mass is 10.1. The predicted molar refractivity (Wildman–Crippen MR) is 83.4 cm³/mol. The van der Waals surface area contributed by atoms with Crippen LogP contribution in [0.4, 0.5) is 4.79 Å². The zero-order valence-electron chi connectivity index (χ0n) is 12.6. The van der Waals surface area contributed by atoms with Crippen molar-refractivity contribution in [3.8, 4) is 5.75 Å². The maximum Gasteiger partial charge on any atom is 0.410 e. The fourth-order valence-electron chi connectivity index (χ4n) is 2.13. The van der Waals surface area contributed by atoms with Crippen molar-refractivity contribution >= 4 is 22.0 Å². The molecule has 2 heterocycles. The largest absolute Gasteiger partial charge is 0.489 e. The van der Waals surface area contributed by atoms with Crippen LogP contribution in [0.15, 0.2) is 22.9 Å². The summed E-state index contributed by atoms with van der Waals surface area (Å²) < 4.78 is 12.2. The van der Waals surface area contributed by atoms with E-state index in [4.69, 9.17) is 9.47 Å². The first kappa shape index (κ1) is 16.1. The standard InChI is InChI=1S/C15H21BrN2O3/c1-15(2,3)21-14(19)18-6-4-12(5-7-18)20-13-8-11(16)9-17-10-13/h8-10,12H,4-7H2,1-3H3. The molecule has 116 valence electrons. The van der Waals surface area contributed by atoms with Gasteiger partial charge in [-0.05, 0) is 42.8 Å². The number of rotatable bonds is 2. The third-order valence-corrected chi connectivity index (χ3v) is 3.51. The summed E-state index contributed by atoms with van der Waals surface area (Å²) in [4.78, 5) is 17.8. The number of hydrogen-bond acceptors (Lipinski definition) is 4. The van der Waals surface area contributed by atoms with Gasteiger partial charge in [0.2, 0.25) is 0 Å². The summed E-state index contributed by atoms with van der Waals surface area (Å²) in [5.74, 6) is 0.750. The number of halogens is 1. The lowest BCUT2D eigenvalue weighted by Crippen LogP contribution is -2.44. The monoisotopic (exact) mass is 356 g/mol. The summed E-state index contributed by atoms with van der Waals surface area (Å²) in [5.41, 5.74) is -0.452. The highest BCUT2D eigenvalue weighted by Crippen LogP contribution is 2.22. The van der Waals surface area contributed by atoms with Crippen LogP contribution in [-0.4, -0.2) is 40.8 Å². The molecule has 0 spiro atoms. The molecule has 1 aromatic rings. The molecule has 0 bridgehead atoms. The summed E-state index contributed by atoms with van der Waals surface area (Å²) in [6.45, 7) is 6.94. The highest BCUT2D eigenvalue weighted by molar-refractivity contribution is 9.10. The fraction of sp³-hybridized carbons (Fsp3) is 0.600. The van der Waals surface area contributed by atoms with Crippen molar-refractivity contribution in [2.75, 3.05) is 13.1 Å². The van der Waals surface area contributed by atoms with E-state index in [-0.39, 0.29) is 12.2 Å². The van der Waals surface area contributed by atoms with Crippen LogP contribution in [0.5, 0.6) is 5.75 Å². The quantitative estimate of drug-likeness (QED) is 0.811. The van der Waals surface area contributed by atoms with Gasteiger partial charge in [-0.2, -0.15) is 0 Å². The normalized spacial score (nSPS) is 16.7. The van der Waals surface area contributed by atoms with Crippen molar-refractivity contribution in [2.45, 2.75) is 45.3 Å². The average molecular weight is 357 g/mol. The van der Waals surface area contributed by atoms with Gasteiger partial charge in [-0.3, -0.25) is 4.98 Å². The minimum absolute atomic E-state index is 0.111. The van der Waals surface area contributed by atoms with E-state index in [1.165, 1.54) is 0 Å². The van der Waals surface area contributed by atoms with Crippen LogP contribution in [0, 0.1) is 0 Å². The van der Waals surface area contributed by atoms with Crippen molar-refractivity contribution in [2.24, 2.45) is 0 Å². The molecule has 0 N–H and O–H groups in total. The van der Waals surface area contributed by atoms with Crippen molar-refractivity contribution in [3.63, 3.8) is 0 Å². The Morgan fingerprint density at radius 2 is 2.00 bits per heavy atom. The Bertz CT molecular complexity index is 494. The van der Waals surface area contributed by atoms with E-state index in [9.17, 15) is 4.79 Å². The van der Waals surface area contributed by atoms with E-state index in [1.807, 2.05) is 26.8 Å². The predicted octanol–water partition coefficient (Wildman–Crippen LogP) is 3.62. The highest BCUT2D eigenvalue weighted by Gasteiger charge is 2.27. The minimum atomic E-state index is -0.452. The van der Waals surface area contributed by atoms with Crippen molar-refractivity contribution < 1.29 is 14.3 Å². The summed E-state index contributed by atoms with van der Waals surface area (Å²) in [6, 6.07) is 1.90. The summed E-state index contributed by atoms with van der Waals surface area (Å²) in [5, 5.41) is 0. The number of pyridine rings is 1. The van der Waals surface area contributed by atoms with E-state index in [0.29, 0.717) is 13.1 Å². The molecule has 0 aliphatic carbocycles. The number of aromatic nitrogens is 1. The summed E-state index contributed by atoms with van der Waals surface area (Å²) >= 11 is 3.37. The lowest BCUT2D eigenvalue weighted by Gasteiger charge is -2.33. The molecule has 1 fully saturated rings. The number of piperidine rings is 1. The Balaban J connectivity index is 1.82. The van der Waals surface area contributed by atoms with Crippen LogP contribution in [0.2, 0.25) is 0 Å². The van der Waals surface area contributed by atoms with E-state index in [1.54, 1.807) is 17.3 Å². The molecule has 2 rings (SSSR count). The summed E-state index contributed by atoms with van der Waals surface area (Å²) in [7, 11) is 0. The third-order valence-electron chi connectivity index (χ3n) is 3.08. The topological polar surface area (TPSA) is 51.7 Å². The van der Waals surface area contributed by atoms with Crippen molar-refractivity contribution in [1.82, 2.24) is 9.88 Å². The fourth-order valence-corrected chi connectivity index (χ4v) is 2.48. The van der Waals surface area contributed by atoms with E-state index < -0.39 is 5.60 Å². The van der Waals surface area contributed by atoms with E-state index in [2.05, 4.69) is 20.9 Å². The third kappa shape index (κ3) is 5.19. The van der Waals surface area contributed by atoms with Crippen LogP contribution >= 0.6 is 15.9 Å². The number of amides is 1. The molecule has 0 atom stereocenters. The molecule has 0 saturated carbocycles. The number of ether oxygens (including phenoxy) is 2. The van der Waals surface area contributed by atoms with Gasteiger partial charge in [0.1, 0.15) is 17.5 Å². The lowest BCUT2D eigenvalue weighted by molar-refractivity contribution is 0.0126. The van der Waals surface area contributed by atoms with Gasteiger partial charge >= 0.3 is 6.09 Å². The Morgan fingerprint density at radius 1 is 1.33 bits per heavy atom. The molecule has 1 amide bonds. The van der Waals surface area contributed by atoms with Gasteiger partial charge in [-0.1, -0.05) is 0 Å². The minimum Gasteiger partial charge on any atom is -0.489 e. The van der Waals surface area contributed by atoms with Gasteiger partial charge in [0.15, 0.2) is 0 Å². The second-order valence-electron chi connectivity index (χ2n) is 6.12. The maximum atomic E-state index is 12.0. The average Bonchev–Trinajstić information content (AvgIpc) is 2.37. The zero-order valence-corrected chi connectivity index (χ0v) is 14.2. The Kier molecular flexibility index (Phi) is 5.08. The van der Waals surface area contributed by atoms with Gasteiger partial charge in [0.05, 0.1) is 6.20 Å². The first-order valence-corrected chi connectivity index (χ1v) is 7.88. The molecule has 5 nitrogen and oxygen atoms in total. The van der Waals surface area contributed by atoms with Crippen LogP contribution < -0.4 is 4.74 Å². The molecule has 1 saturated heterocycles. The molecule has 21 heavy (non-hydrogen) atoms. The number of nitrogens with zero attached hydrogens (tertiary/aromatic N) is 2. The molecule has 0 aromatic carbocycles. The van der Waals surface area contributed by atoms with Crippen LogP contribution in [0.25, 0.3) is 0 Å². The summed E-state index contributed by atoms with van der Waals surface area (Å²) in [6.07, 6.45) is 4.88. The van der Waals surface area contributed by atoms with Crippen LogP contribution in [-0.2, 0) is 4.74 Å². The molecule has 1 aliphatic heterocycles. The molecule has 6 heteroatoms. The highest BCUT2D eigenvalue weighted by atomic mass is 79.9. The van der Waals surface area contributed by atoms with E-state index >= 15 is 0 Å². The number of carbonyl (C=O) groups is 1. The second-order valence-corrected chi connectivity index (χ2v) is 7.04. The van der Waals surface area contributed by atoms with Crippen molar-refractivity contribution in [3.05, 3.63) is 22.9 Å². The number of hydrogen-bond donors (Lipinski definition) is 0. The smallest absolute Gasteiger partial charge is 0.410 e. The number of likely N-dealkylation sites (tertiary alicyclic amines) is 1. The molecule has 1 aliphatic rings. The number of carbonyl (C=O) groups excluding carboxylic acids is 1.